The lowest BCUT2D eigenvalue weighted by atomic mass is 10.1. The quantitative estimate of drug-likeness (QED) is 0.469. The summed E-state index contributed by atoms with van der Waals surface area (Å²) in [5.74, 6) is 0.779. The number of halogens is 3. The molecule has 4 rings (SSSR count). The minimum atomic E-state index is -4.49. The Bertz CT molecular complexity index is 1050. The van der Waals surface area contributed by atoms with E-state index in [0.29, 0.717) is 37.6 Å². The van der Waals surface area contributed by atoms with Gasteiger partial charge >= 0.3 is 6.18 Å². The predicted octanol–water partition coefficient (Wildman–Crippen LogP) is 4.67. The number of aryl methyl sites for hydroxylation is 1. The minimum absolute atomic E-state index is 0.0412. The van der Waals surface area contributed by atoms with Crippen molar-refractivity contribution in [2.45, 2.75) is 44.9 Å². The molecule has 1 aliphatic rings. The van der Waals surface area contributed by atoms with Crippen LogP contribution in [-0.2, 0) is 23.9 Å². The summed E-state index contributed by atoms with van der Waals surface area (Å²) in [6.45, 7) is 4.37. The fourth-order valence-corrected chi connectivity index (χ4v) is 4.11. The molecule has 0 bridgehead atoms. The Kier molecular flexibility index (Phi) is 6.66. The first kappa shape index (κ1) is 22.5. The molecule has 1 saturated heterocycles. The van der Waals surface area contributed by atoms with Gasteiger partial charge in [0, 0.05) is 25.4 Å². The van der Waals surface area contributed by atoms with Crippen molar-refractivity contribution in [2.75, 3.05) is 26.9 Å². The molecule has 0 unspecified atom stereocenters. The molecule has 0 spiro atoms. The van der Waals surface area contributed by atoms with Gasteiger partial charge in [0.25, 0.3) is 0 Å². The number of ether oxygens (including phenoxy) is 2. The molecule has 0 N–H and O–H groups in total. The van der Waals surface area contributed by atoms with Crippen LogP contribution in [0.25, 0.3) is 5.65 Å². The molecular weight excluding hydrogens is 421 g/mol. The van der Waals surface area contributed by atoms with Crippen molar-refractivity contribution in [1.82, 2.24) is 19.5 Å². The number of rotatable bonds is 8. The molecule has 0 saturated carbocycles. The minimum Gasteiger partial charge on any atom is -0.491 e. The molecular formula is C23H27F3N4O2. The van der Waals surface area contributed by atoms with E-state index in [-0.39, 0.29) is 11.7 Å². The van der Waals surface area contributed by atoms with Gasteiger partial charge in [-0.25, -0.2) is 9.50 Å². The van der Waals surface area contributed by atoms with Crippen molar-refractivity contribution in [3.8, 4) is 5.75 Å². The monoisotopic (exact) mass is 448 g/mol. The number of fused-ring (bicyclic) bond motifs is 1. The van der Waals surface area contributed by atoms with Crippen molar-refractivity contribution in [2.24, 2.45) is 0 Å². The van der Waals surface area contributed by atoms with E-state index in [4.69, 9.17) is 9.47 Å². The van der Waals surface area contributed by atoms with E-state index in [1.54, 1.807) is 20.1 Å². The molecule has 1 aliphatic heterocycles. The van der Waals surface area contributed by atoms with Gasteiger partial charge in [-0.05, 0) is 49.6 Å². The summed E-state index contributed by atoms with van der Waals surface area (Å²) < 4.78 is 52.3. The van der Waals surface area contributed by atoms with Crippen LogP contribution in [0.15, 0.2) is 36.4 Å². The fraction of sp³-hybridized carbons (Fsp3) is 0.478. The zero-order chi connectivity index (χ0) is 22.7. The van der Waals surface area contributed by atoms with Crippen molar-refractivity contribution in [1.29, 1.82) is 0 Å². The summed E-state index contributed by atoms with van der Waals surface area (Å²) in [5, 5.41) is 4.34. The third kappa shape index (κ3) is 4.88. The average Bonchev–Trinajstić information content (AvgIpc) is 3.40. The van der Waals surface area contributed by atoms with E-state index < -0.39 is 11.9 Å². The first-order valence-corrected chi connectivity index (χ1v) is 10.8. The van der Waals surface area contributed by atoms with E-state index in [9.17, 15) is 13.2 Å². The second-order valence-corrected chi connectivity index (χ2v) is 7.94. The summed E-state index contributed by atoms with van der Waals surface area (Å²) in [7, 11) is 1.63. The largest absolute Gasteiger partial charge is 0.491 e. The maximum Gasteiger partial charge on any atom is 0.433 e. The number of alkyl halides is 3. The maximum absolute atomic E-state index is 13.6. The Balaban J connectivity index is 1.54. The Morgan fingerprint density at radius 1 is 1.12 bits per heavy atom. The van der Waals surface area contributed by atoms with E-state index in [2.05, 4.69) is 15.0 Å². The molecule has 1 atom stereocenters. The zero-order valence-electron chi connectivity index (χ0n) is 18.2. The molecule has 3 aromatic rings. The molecule has 172 valence electrons. The molecule has 9 heteroatoms. The van der Waals surface area contributed by atoms with E-state index in [1.807, 2.05) is 24.3 Å². The van der Waals surface area contributed by atoms with Crippen LogP contribution >= 0.6 is 0 Å². The van der Waals surface area contributed by atoms with Crippen LogP contribution in [0.2, 0.25) is 0 Å². The first-order valence-electron chi connectivity index (χ1n) is 10.8. The number of methoxy groups -OCH3 is 1. The van der Waals surface area contributed by atoms with Crippen LogP contribution in [0.5, 0.6) is 5.75 Å². The highest BCUT2D eigenvalue weighted by atomic mass is 19.4. The summed E-state index contributed by atoms with van der Waals surface area (Å²) in [5.41, 5.74) is 1.62. The van der Waals surface area contributed by atoms with Gasteiger partial charge < -0.3 is 9.47 Å². The van der Waals surface area contributed by atoms with Crippen molar-refractivity contribution in [3.05, 3.63) is 59.0 Å². The van der Waals surface area contributed by atoms with Crippen LogP contribution in [0.4, 0.5) is 13.2 Å². The molecule has 1 aromatic carbocycles. The molecule has 0 amide bonds. The lowest BCUT2D eigenvalue weighted by Crippen LogP contribution is -2.23. The lowest BCUT2D eigenvalue weighted by Gasteiger charge is -2.23. The van der Waals surface area contributed by atoms with E-state index >= 15 is 0 Å². The predicted molar refractivity (Wildman–Crippen MR) is 114 cm³/mol. The molecule has 0 aliphatic carbocycles. The van der Waals surface area contributed by atoms with Crippen LogP contribution < -0.4 is 4.74 Å². The smallest absolute Gasteiger partial charge is 0.433 e. The van der Waals surface area contributed by atoms with Gasteiger partial charge in [-0.1, -0.05) is 19.1 Å². The third-order valence-corrected chi connectivity index (χ3v) is 5.72. The standard InChI is InChI=1S/C23H27F3N4O2/c1-3-17-13-21(23(24,25)26)30-22(27-17)14-19(28-30)20-5-4-10-29(20)15-16-6-8-18(9-7-16)32-12-11-31-2/h6-9,13-14,20H,3-5,10-12,15H2,1-2H3/t20-/m1/s1. The van der Waals surface area contributed by atoms with Crippen molar-refractivity contribution < 1.29 is 22.6 Å². The normalized spacial score (nSPS) is 17.3. The maximum atomic E-state index is 13.6. The lowest BCUT2D eigenvalue weighted by molar-refractivity contribution is -0.142. The molecule has 1 fully saturated rings. The summed E-state index contributed by atoms with van der Waals surface area (Å²) in [6.07, 6.45) is -2.24. The molecule has 0 radical (unpaired) electrons. The van der Waals surface area contributed by atoms with Crippen molar-refractivity contribution >= 4 is 5.65 Å². The van der Waals surface area contributed by atoms with Crippen LogP contribution in [-0.4, -0.2) is 46.4 Å². The van der Waals surface area contributed by atoms with Gasteiger partial charge in [0.2, 0.25) is 0 Å². The van der Waals surface area contributed by atoms with E-state index in [0.717, 1.165) is 41.3 Å². The topological polar surface area (TPSA) is 51.9 Å². The Morgan fingerprint density at radius 2 is 1.91 bits per heavy atom. The SMILES string of the molecule is CCc1cc(C(F)(F)F)n2nc([C@H]3CCCN3Cc3ccc(OCCOC)cc3)cc2n1. The van der Waals surface area contributed by atoms with Crippen LogP contribution in [0.1, 0.15) is 48.5 Å². The fourth-order valence-electron chi connectivity index (χ4n) is 4.11. The summed E-state index contributed by atoms with van der Waals surface area (Å²) in [4.78, 5) is 6.63. The molecule has 3 heterocycles. The number of hydrogen-bond donors (Lipinski definition) is 0. The highest BCUT2D eigenvalue weighted by Crippen LogP contribution is 2.35. The zero-order valence-corrected chi connectivity index (χ0v) is 18.2. The van der Waals surface area contributed by atoms with Gasteiger partial charge in [0.15, 0.2) is 5.65 Å². The number of likely N-dealkylation sites (tertiary alicyclic amines) is 1. The van der Waals surface area contributed by atoms with Crippen LogP contribution in [0, 0.1) is 0 Å². The summed E-state index contributed by atoms with van der Waals surface area (Å²) >= 11 is 0. The molecule has 2 aromatic heterocycles. The molecule has 6 nitrogen and oxygen atoms in total. The number of nitrogens with zero attached hydrogens (tertiary/aromatic N) is 4. The Hall–Kier alpha value is -2.65. The number of hydrogen-bond acceptors (Lipinski definition) is 5. The highest BCUT2D eigenvalue weighted by molar-refractivity contribution is 5.43. The average molecular weight is 448 g/mol. The first-order chi connectivity index (χ1) is 15.4. The second-order valence-electron chi connectivity index (χ2n) is 7.94. The van der Waals surface area contributed by atoms with Gasteiger partial charge in [-0.3, -0.25) is 4.90 Å². The van der Waals surface area contributed by atoms with Gasteiger partial charge in [0.1, 0.15) is 18.1 Å². The van der Waals surface area contributed by atoms with Gasteiger partial charge in [0.05, 0.1) is 18.3 Å². The molecule has 32 heavy (non-hydrogen) atoms. The Morgan fingerprint density at radius 3 is 2.59 bits per heavy atom. The summed E-state index contributed by atoms with van der Waals surface area (Å²) in [6, 6.07) is 10.6. The van der Waals surface area contributed by atoms with Crippen LogP contribution in [0.3, 0.4) is 0 Å². The van der Waals surface area contributed by atoms with Gasteiger partial charge in [-0.2, -0.15) is 18.3 Å². The van der Waals surface area contributed by atoms with E-state index in [1.165, 1.54) is 0 Å². The Labute approximate surface area is 185 Å². The highest BCUT2D eigenvalue weighted by Gasteiger charge is 2.36. The number of aromatic nitrogens is 3. The van der Waals surface area contributed by atoms with Gasteiger partial charge in [-0.15, -0.1) is 0 Å². The van der Waals surface area contributed by atoms with Crippen molar-refractivity contribution in [3.63, 3.8) is 0 Å². The third-order valence-electron chi connectivity index (χ3n) is 5.72. The second kappa shape index (κ2) is 9.46. The number of benzene rings is 1.